The fourth-order valence-corrected chi connectivity index (χ4v) is 3.46. The molecule has 0 bridgehead atoms. The Morgan fingerprint density at radius 1 is 1.07 bits per heavy atom. The number of nitrogens with two attached hydrogens (primary N) is 1. The number of hydrogen-bond donors (Lipinski definition) is 2. The van der Waals surface area contributed by atoms with Gasteiger partial charge < -0.3 is 10.7 Å². The molecule has 0 amide bonds. The molecular formula is C21H14FN5O. The lowest BCUT2D eigenvalue weighted by molar-refractivity contribution is 0.628. The van der Waals surface area contributed by atoms with Crippen molar-refractivity contribution in [3.05, 3.63) is 83.3 Å². The Hall–Kier alpha value is -4.00. The molecule has 5 rings (SSSR count). The molecule has 7 heteroatoms. The summed E-state index contributed by atoms with van der Waals surface area (Å²) in [7, 11) is 0. The molecule has 0 saturated carbocycles. The van der Waals surface area contributed by atoms with Crippen LogP contribution >= 0.6 is 0 Å². The number of nitrogens with one attached hydrogen (secondary N) is 1. The number of pyridine rings is 1. The first kappa shape index (κ1) is 16.2. The molecule has 0 aliphatic carbocycles. The summed E-state index contributed by atoms with van der Waals surface area (Å²) in [5.41, 5.74) is 9.12. The smallest absolute Gasteiger partial charge is 0.255 e. The van der Waals surface area contributed by atoms with Crippen molar-refractivity contribution in [1.82, 2.24) is 19.4 Å². The molecule has 0 unspecified atom stereocenters. The number of aromatic nitrogens is 4. The van der Waals surface area contributed by atoms with Gasteiger partial charge >= 0.3 is 0 Å². The first-order chi connectivity index (χ1) is 13.6. The van der Waals surface area contributed by atoms with Crippen LogP contribution in [0.15, 0.2) is 71.9 Å². The van der Waals surface area contributed by atoms with Crippen LogP contribution in [0.25, 0.3) is 38.9 Å². The van der Waals surface area contributed by atoms with Crippen molar-refractivity contribution in [2.75, 3.05) is 5.73 Å². The summed E-state index contributed by atoms with van der Waals surface area (Å²) in [6.07, 6.45) is 5.03. The van der Waals surface area contributed by atoms with Crippen LogP contribution in [0.1, 0.15) is 0 Å². The molecule has 3 N–H and O–H groups in total. The highest BCUT2D eigenvalue weighted by Gasteiger charge is 2.17. The van der Waals surface area contributed by atoms with Gasteiger partial charge in [0, 0.05) is 35.1 Å². The molecule has 0 radical (unpaired) electrons. The van der Waals surface area contributed by atoms with Crippen molar-refractivity contribution >= 4 is 22.2 Å². The Morgan fingerprint density at radius 3 is 2.82 bits per heavy atom. The van der Waals surface area contributed by atoms with Gasteiger partial charge in [-0.1, -0.05) is 18.2 Å². The predicted octanol–water partition coefficient (Wildman–Crippen LogP) is 3.63. The first-order valence-corrected chi connectivity index (χ1v) is 8.62. The van der Waals surface area contributed by atoms with Gasteiger partial charge in [0.2, 0.25) is 0 Å². The zero-order chi connectivity index (χ0) is 19.3. The number of anilines is 1. The molecule has 0 fully saturated rings. The molecular weight excluding hydrogens is 357 g/mol. The molecule has 0 aliphatic rings. The second-order valence-corrected chi connectivity index (χ2v) is 6.43. The molecule has 0 saturated heterocycles. The van der Waals surface area contributed by atoms with Crippen molar-refractivity contribution in [2.45, 2.75) is 0 Å². The van der Waals surface area contributed by atoms with Crippen molar-refractivity contribution in [3.8, 4) is 22.5 Å². The summed E-state index contributed by atoms with van der Waals surface area (Å²) in [5.74, 6) is -0.107. The predicted molar refractivity (Wildman–Crippen MR) is 106 cm³/mol. The van der Waals surface area contributed by atoms with Crippen LogP contribution in [0.2, 0.25) is 0 Å². The SMILES string of the molecule is Nc1nc(-c2cccc(F)c2)c(-c2ccc3c(=O)[nH]ccc3c2)n2ccnc12. The number of nitrogens with zero attached hydrogens (tertiary/aromatic N) is 3. The lowest BCUT2D eigenvalue weighted by Crippen LogP contribution is -2.06. The quantitative estimate of drug-likeness (QED) is 0.496. The first-order valence-electron chi connectivity index (χ1n) is 8.62. The third-order valence-corrected chi connectivity index (χ3v) is 4.71. The van der Waals surface area contributed by atoms with E-state index in [0.717, 1.165) is 16.6 Å². The molecule has 3 heterocycles. The average molecular weight is 371 g/mol. The Balaban J connectivity index is 1.88. The van der Waals surface area contributed by atoms with E-state index >= 15 is 0 Å². The fraction of sp³-hybridized carbons (Fsp3) is 0. The lowest BCUT2D eigenvalue weighted by Gasteiger charge is -2.14. The molecule has 0 spiro atoms. The minimum Gasteiger partial charge on any atom is -0.381 e. The van der Waals surface area contributed by atoms with Gasteiger partial charge in [0.1, 0.15) is 5.82 Å². The maximum absolute atomic E-state index is 13.9. The normalized spacial score (nSPS) is 11.3. The van der Waals surface area contributed by atoms with Crippen molar-refractivity contribution < 1.29 is 4.39 Å². The van der Waals surface area contributed by atoms with E-state index in [1.807, 2.05) is 22.6 Å². The van der Waals surface area contributed by atoms with E-state index in [9.17, 15) is 9.18 Å². The number of aromatic amines is 1. The minimum atomic E-state index is -0.361. The van der Waals surface area contributed by atoms with Crippen LogP contribution in [0.5, 0.6) is 0 Å². The van der Waals surface area contributed by atoms with Gasteiger partial charge in [-0.2, -0.15) is 0 Å². The highest BCUT2D eigenvalue weighted by atomic mass is 19.1. The number of imidazole rings is 1. The van der Waals surface area contributed by atoms with Crippen LogP contribution in [-0.2, 0) is 0 Å². The number of benzene rings is 2. The van der Waals surface area contributed by atoms with E-state index in [4.69, 9.17) is 5.73 Å². The third kappa shape index (κ3) is 2.44. The summed E-state index contributed by atoms with van der Waals surface area (Å²) in [4.78, 5) is 23.5. The van der Waals surface area contributed by atoms with Gasteiger partial charge in [0.05, 0.1) is 11.4 Å². The Labute approximate surface area is 158 Å². The van der Waals surface area contributed by atoms with Crippen molar-refractivity contribution in [3.63, 3.8) is 0 Å². The Morgan fingerprint density at radius 2 is 1.96 bits per heavy atom. The van der Waals surface area contributed by atoms with Crippen LogP contribution in [-0.4, -0.2) is 19.4 Å². The summed E-state index contributed by atoms with van der Waals surface area (Å²) in [6.45, 7) is 0. The van der Waals surface area contributed by atoms with Crippen LogP contribution in [0.4, 0.5) is 10.2 Å². The van der Waals surface area contributed by atoms with Crippen LogP contribution < -0.4 is 11.3 Å². The number of halogens is 1. The van der Waals surface area contributed by atoms with Crippen LogP contribution in [0, 0.1) is 5.82 Å². The maximum atomic E-state index is 13.9. The number of nitrogen functional groups attached to an aromatic ring is 1. The van der Waals surface area contributed by atoms with E-state index in [1.165, 1.54) is 12.1 Å². The average Bonchev–Trinajstić information content (AvgIpc) is 3.18. The monoisotopic (exact) mass is 371 g/mol. The summed E-state index contributed by atoms with van der Waals surface area (Å²) >= 11 is 0. The standard InChI is InChI=1S/C21H14FN5O/c22-15-3-1-2-13(11-15)17-18(27-9-8-24-20(27)19(23)26-17)14-4-5-16-12(10-14)6-7-25-21(16)28/h1-11H,(H2,23,26)(H,25,28). The minimum absolute atomic E-state index is 0.155. The third-order valence-electron chi connectivity index (χ3n) is 4.71. The molecule has 5 aromatic rings. The van der Waals surface area contributed by atoms with Crippen LogP contribution in [0.3, 0.4) is 0 Å². The van der Waals surface area contributed by atoms with Gasteiger partial charge in [-0.3, -0.25) is 9.20 Å². The number of rotatable bonds is 2. The maximum Gasteiger partial charge on any atom is 0.255 e. The van der Waals surface area contributed by atoms with Gasteiger partial charge in [-0.05, 0) is 35.7 Å². The number of H-pyrrole nitrogens is 1. The zero-order valence-corrected chi connectivity index (χ0v) is 14.6. The van der Waals surface area contributed by atoms with E-state index < -0.39 is 0 Å². The molecule has 0 atom stereocenters. The Bertz CT molecular complexity index is 1420. The summed E-state index contributed by atoms with van der Waals surface area (Å²) < 4.78 is 15.7. The number of hydrogen-bond acceptors (Lipinski definition) is 4. The molecule has 6 nitrogen and oxygen atoms in total. The molecule has 3 aromatic heterocycles. The summed E-state index contributed by atoms with van der Waals surface area (Å²) in [6, 6.07) is 13.5. The highest BCUT2D eigenvalue weighted by Crippen LogP contribution is 2.34. The summed E-state index contributed by atoms with van der Waals surface area (Å²) in [5, 5.41) is 1.38. The van der Waals surface area contributed by atoms with E-state index in [-0.39, 0.29) is 17.2 Å². The topological polar surface area (TPSA) is 89.1 Å². The number of fused-ring (bicyclic) bond motifs is 2. The zero-order valence-electron chi connectivity index (χ0n) is 14.6. The highest BCUT2D eigenvalue weighted by molar-refractivity contribution is 5.90. The second kappa shape index (κ2) is 6.02. The molecule has 2 aromatic carbocycles. The van der Waals surface area contributed by atoms with E-state index in [0.29, 0.717) is 22.3 Å². The molecule has 0 aliphatic heterocycles. The van der Waals surface area contributed by atoms with Gasteiger partial charge in [-0.25, -0.2) is 14.4 Å². The lowest BCUT2D eigenvalue weighted by atomic mass is 10.0. The van der Waals surface area contributed by atoms with Crippen molar-refractivity contribution in [1.29, 1.82) is 0 Å². The van der Waals surface area contributed by atoms with E-state index in [1.54, 1.807) is 36.8 Å². The van der Waals surface area contributed by atoms with Gasteiger partial charge in [-0.15, -0.1) is 0 Å². The van der Waals surface area contributed by atoms with Crippen molar-refractivity contribution in [2.24, 2.45) is 0 Å². The Kier molecular flexibility index (Phi) is 3.48. The largest absolute Gasteiger partial charge is 0.381 e. The molecule has 28 heavy (non-hydrogen) atoms. The fourth-order valence-electron chi connectivity index (χ4n) is 3.46. The van der Waals surface area contributed by atoms with E-state index in [2.05, 4.69) is 15.0 Å². The van der Waals surface area contributed by atoms with Gasteiger partial charge in [0.25, 0.3) is 5.56 Å². The van der Waals surface area contributed by atoms with Gasteiger partial charge in [0.15, 0.2) is 11.5 Å². The second-order valence-electron chi connectivity index (χ2n) is 6.43. The molecule has 136 valence electrons.